The summed E-state index contributed by atoms with van der Waals surface area (Å²) in [5, 5.41) is 6.29. The molecule has 0 aliphatic rings. The number of likely N-dealkylation sites (N-methyl/N-ethyl adjacent to an activating group) is 1. The van der Waals surface area contributed by atoms with Crippen LogP contribution in [0.3, 0.4) is 0 Å². The first kappa shape index (κ1) is 10.7. The number of allylic oxidation sites excluding steroid dienone is 1. The SMILES string of the molecule is C/C=N\NC(C(=O)NC)=C(C)C. The highest BCUT2D eigenvalue weighted by Crippen LogP contribution is 1.98. The molecule has 0 aromatic carbocycles. The molecule has 0 bridgehead atoms. The van der Waals surface area contributed by atoms with E-state index in [1.54, 1.807) is 20.2 Å². The number of nitrogens with one attached hydrogen (secondary N) is 2. The molecule has 0 spiro atoms. The molecule has 12 heavy (non-hydrogen) atoms. The molecule has 0 saturated carbocycles. The Labute approximate surface area is 72.7 Å². The lowest BCUT2D eigenvalue weighted by atomic mass is 10.2. The maximum atomic E-state index is 11.2. The van der Waals surface area contributed by atoms with E-state index in [-0.39, 0.29) is 5.91 Å². The van der Waals surface area contributed by atoms with Gasteiger partial charge in [-0.1, -0.05) is 0 Å². The van der Waals surface area contributed by atoms with Gasteiger partial charge in [-0.05, 0) is 26.3 Å². The molecule has 2 N–H and O–H groups in total. The Morgan fingerprint density at radius 1 is 1.42 bits per heavy atom. The molecular weight excluding hydrogens is 154 g/mol. The lowest BCUT2D eigenvalue weighted by molar-refractivity contribution is -0.117. The summed E-state index contributed by atoms with van der Waals surface area (Å²) < 4.78 is 0. The summed E-state index contributed by atoms with van der Waals surface area (Å²) in [6.07, 6.45) is 1.59. The van der Waals surface area contributed by atoms with Gasteiger partial charge in [-0.25, -0.2) is 0 Å². The molecule has 0 atom stereocenters. The molecule has 1 amide bonds. The highest BCUT2D eigenvalue weighted by atomic mass is 16.2. The minimum atomic E-state index is -0.152. The molecule has 4 nitrogen and oxygen atoms in total. The number of hydrazone groups is 1. The third-order valence-corrected chi connectivity index (χ3v) is 1.26. The first-order valence-electron chi connectivity index (χ1n) is 3.76. The van der Waals surface area contributed by atoms with Crippen LogP contribution in [-0.2, 0) is 4.79 Å². The second-order valence-corrected chi connectivity index (χ2v) is 2.45. The average Bonchev–Trinajstić information content (AvgIpc) is 2.04. The van der Waals surface area contributed by atoms with Crippen LogP contribution in [0.4, 0.5) is 0 Å². The Morgan fingerprint density at radius 2 is 2.00 bits per heavy atom. The molecule has 0 aliphatic carbocycles. The van der Waals surface area contributed by atoms with E-state index in [9.17, 15) is 4.79 Å². The lowest BCUT2D eigenvalue weighted by Gasteiger charge is -2.06. The smallest absolute Gasteiger partial charge is 0.268 e. The van der Waals surface area contributed by atoms with Gasteiger partial charge in [-0.15, -0.1) is 0 Å². The van der Waals surface area contributed by atoms with Crippen LogP contribution in [0.1, 0.15) is 20.8 Å². The summed E-state index contributed by atoms with van der Waals surface area (Å²) in [5.74, 6) is -0.152. The van der Waals surface area contributed by atoms with Crippen LogP contribution in [-0.4, -0.2) is 19.2 Å². The quantitative estimate of drug-likeness (QED) is 0.370. The van der Waals surface area contributed by atoms with Crippen LogP contribution in [0, 0.1) is 0 Å². The molecule has 0 saturated heterocycles. The van der Waals surface area contributed by atoms with Gasteiger partial charge < -0.3 is 5.32 Å². The van der Waals surface area contributed by atoms with Gasteiger partial charge in [0.2, 0.25) is 0 Å². The van der Waals surface area contributed by atoms with E-state index in [0.717, 1.165) is 5.57 Å². The monoisotopic (exact) mass is 169 g/mol. The first-order chi connectivity index (χ1) is 5.63. The van der Waals surface area contributed by atoms with Crippen molar-refractivity contribution >= 4 is 12.1 Å². The van der Waals surface area contributed by atoms with Crippen molar-refractivity contribution in [3.8, 4) is 0 Å². The lowest BCUT2D eigenvalue weighted by Crippen LogP contribution is -2.27. The van der Waals surface area contributed by atoms with Crippen molar-refractivity contribution in [1.29, 1.82) is 0 Å². The molecule has 0 fully saturated rings. The number of rotatable bonds is 3. The van der Waals surface area contributed by atoms with Gasteiger partial charge in [0.05, 0.1) is 0 Å². The number of nitrogens with zero attached hydrogens (tertiary/aromatic N) is 1. The molecule has 0 rings (SSSR count). The molecule has 0 radical (unpaired) electrons. The van der Waals surface area contributed by atoms with E-state index >= 15 is 0 Å². The summed E-state index contributed by atoms with van der Waals surface area (Å²) in [4.78, 5) is 11.2. The van der Waals surface area contributed by atoms with E-state index in [4.69, 9.17) is 0 Å². The van der Waals surface area contributed by atoms with Crippen molar-refractivity contribution in [2.75, 3.05) is 7.05 Å². The van der Waals surface area contributed by atoms with Gasteiger partial charge in [-0.2, -0.15) is 5.10 Å². The number of carbonyl (C=O) groups is 1. The maximum Gasteiger partial charge on any atom is 0.268 e. The Bertz CT molecular complexity index is 214. The summed E-state index contributed by atoms with van der Waals surface area (Å²) in [5.41, 5.74) is 4.06. The van der Waals surface area contributed by atoms with Crippen molar-refractivity contribution in [3.05, 3.63) is 11.3 Å². The largest absolute Gasteiger partial charge is 0.354 e. The van der Waals surface area contributed by atoms with Gasteiger partial charge in [0.1, 0.15) is 5.70 Å². The fourth-order valence-electron chi connectivity index (χ4n) is 0.644. The zero-order valence-corrected chi connectivity index (χ0v) is 7.93. The van der Waals surface area contributed by atoms with Crippen molar-refractivity contribution in [2.45, 2.75) is 20.8 Å². The highest BCUT2D eigenvalue weighted by molar-refractivity contribution is 5.93. The van der Waals surface area contributed by atoms with Crippen molar-refractivity contribution in [3.63, 3.8) is 0 Å². The zero-order chi connectivity index (χ0) is 9.56. The molecule has 68 valence electrons. The Morgan fingerprint density at radius 3 is 2.33 bits per heavy atom. The van der Waals surface area contributed by atoms with Crippen LogP contribution >= 0.6 is 0 Å². The van der Waals surface area contributed by atoms with E-state index in [1.807, 2.05) is 13.8 Å². The minimum Gasteiger partial charge on any atom is -0.354 e. The predicted molar refractivity (Wildman–Crippen MR) is 49.7 cm³/mol. The number of hydrogen-bond donors (Lipinski definition) is 2. The van der Waals surface area contributed by atoms with E-state index < -0.39 is 0 Å². The van der Waals surface area contributed by atoms with Crippen LogP contribution in [0.25, 0.3) is 0 Å². The van der Waals surface area contributed by atoms with Crippen LogP contribution in [0.2, 0.25) is 0 Å². The first-order valence-corrected chi connectivity index (χ1v) is 3.76. The number of amides is 1. The molecule has 0 aromatic rings. The van der Waals surface area contributed by atoms with E-state index in [1.165, 1.54) is 0 Å². The Balaban J connectivity index is 4.47. The fourth-order valence-corrected chi connectivity index (χ4v) is 0.644. The molecule has 4 heteroatoms. The van der Waals surface area contributed by atoms with Crippen molar-refractivity contribution in [2.24, 2.45) is 5.10 Å². The third kappa shape index (κ3) is 3.18. The number of hydrogen-bond acceptors (Lipinski definition) is 3. The van der Waals surface area contributed by atoms with E-state index in [2.05, 4.69) is 15.8 Å². The molecule has 0 unspecified atom stereocenters. The number of carbonyl (C=O) groups excluding carboxylic acids is 1. The van der Waals surface area contributed by atoms with Gasteiger partial charge in [0.25, 0.3) is 5.91 Å². The highest BCUT2D eigenvalue weighted by Gasteiger charge is 2.06. The van der Waals surface area contributed by atoms with Gasteiger partial charge in [0.15, 0.2) is 0 Å². The summed E-state index contributed by atoms with van der Waals surface area (Å²) in [7, 11) is 1.59. The second kappa shape index (κ2) is 5.35. The molecule has 0 aliphatic heterocycles. The summed E-state index contributed by atoms with van der Waals surface area (Å²) >= 11 is 0. The van der Waals surface area contributed by atoms with Gasteiger partial charge >= 0.3 is 0 Å². The van der Waals surface area contributed by atoms with Gasteiger partial charge in [-0.3, -0.25) is 10.2 Å². The molecular formula is C8H15N3O. The summed E-state index contributed by atoms with van der Waals surface area (Å²) in [6, 6.07) is 0. The Hall–Kier alpha value is -1.32. The van der Waals surface area contributed by atoms with E-state index in [0.29, 0.717) is 5.70 Å². The van der Waals surface area contributed by atoms with Crippen molar-refractivity contribution < 1.29 is 4.79 Å². The Kier molecular flexibility index (Phi) is 4.76. The summed E-state index contributed by atoms with van der Waals surface area (Å²) in [6.45, 7) is 5.48. The van der Waals surface area contributed by atoms with Crippen LogP contribution < -0.4 is 10.7 Å². The molecule has 0 aromatic heterocycles. The topological polar surface area (TPSA) is 53.5 Å². The zero-order valence-electron chi connectivity index (χ0n) is 7.93. The van der Waals surface area contributed by atoms with Crippen LogP contribution in [0.5, 0.6) is 0 Å². The molecule has 0 heterocycles. The minimum absolute atomic E-state index is 0.152. The van der Waals surface area contributed by atoms with Crippen molar-refractivity contribution in [1.82, 2.24) is 10.7 Å². The van der Waals surface area contributed by atoms with Crippen LogP contribution in [0.15, 0.2) is 16.4 Å². The standard InChI is InChI=1S/C8H15N3O/c1-5-10-11-7(6(2)3)8(12)9-4/h5,11H,1-4H3,(H,9,12)/b10-5-. The maximum absolute atomic E-state index is 11.2. The van der Waals surface area contributed by atoms with Gasteiger partial charge in [0, 0.05) is 13.3 Å². The predicted octanol–water partition coefficient (Wildman–Crippen LogP) is 0.622. The second-order valence-electron chi connectivity index (χ2n) is 2.45. The third-order valence-electron chi connectivity index (χ3n) is 1.26. The average molecular weight is 169 g/mol. The normalized spacial score (nSPS) is 9.67. The fraction of sp³-hybridized carbons (Fsp3) is 0.500.